The first kappa shape index (κ1) is 39.8. The van der Waals surface area contributed by atoms with Gasteiger partial charge >= 0.3 is 6.09 Å². The van der Waals surface area contributed by atoms with Gasteiger partial charge in [0.05, 0.1) is 30.4 Å². The molecule has 3 heterocycles. The van der Waals surface area contributed by atoms with Crippen molar-refractivity contribution >= 4 is 44.6 Å². The fourth-order valence-corrected chi connectivity index (χ4v) is 9.29. The highest BCUT2D eigenvalue weighted by molar-refractivity contribution is 7.91. The van der Waals surface area contributed by atoms with Gasteiger partial charge in [0.2, 0.25) is 27.7 Å². The zero-order valence-corrected chi connectivity index (χ0v) is 33.4. The number of pyridine rings is 1. The summed E-state index contributed by atoms with van der Waals surface area (Å²) in [6, 6.07) is 1.90. The van der Waals surface area contributed by atoms with Crippen LogP contribution in [0.3, 0.4) is 0 Å². The Kier molecular flexibility index (Phi) is 10.5. The lowest BCUT2D eigenvalue weighted by Crippen LogP contribution is -2.59. The zero-order chi connectivity index (χ0) is 40.2. The van der Waals surface area contributed by atoms with E-state index in [-0.39, 0.29) is 54.9 Å². The minimum Gasteiger partial charge on any atom is -0.496 e. The quantitative estimate of drug-likeness (QED) is 0.306. The summed E-state index contributed by atoms with van der Waals surface area (Å²) < 4.78 is 59.6. The van der Waals surface area contributed by atoms with Crippen LogP contribution >= 0.6 is 0 Å². The van der Waals surface area contributed by atoms with Crippen molar-refractivity contribution in [2.45, 2.75) is 114 Å². The molecule has 4 fully saturated rings. The predicted octanol–water partition coefficient (Wildman–Crippen LogP) is 4.51. The van der Waals surface area contributed by atoms with Crippen molar-refractivity contribution in [1.29, 1.82) is 0 Å². The summed E-state index contributed by atoms with van der Waals surface area (Å²) in [5.74, 6) is -2.99. The number of ether oxygens (including phenoxy) is 3. The smallest absolute Gasteiger partial charge is 0.407 e. The molecule has 0 spiro atoms. The highest BCUT2D eigenvalue weighted by Crippen LogP contribution is 2.48. The Morgan fingerprint density at radius 1 is 1.09 bits per heavy atom. The molecule has 3 aliphatic carbocycles. The molecule has 1 saturated heterocycles. The number of carbonyl (C=O) groups excluding carboxylic acids is 4. The molecular weight excluding hydrogens is 746 g/mol. The summed E-state index contributed by atoms with van der Waals surface area (Å²) in [7, 11) is -2.60. The van der Waals surface area contributed by atoms with Crippen LogP contribution in [0.2, 0.25) is 0 Å². The van der Waals surface area contributed by atoms with E-state index in [0.29, 0.717) is 36.5 Å². The number of benzene rings is 1. The number of allylic oxidation sites excluding steroid dienone is 1. The molecule has 0 bridgehead atoms. The molecule has 7 unspecified atom stereocenters. The van der Waals surface area contributed by atoms with Gasteiger partial charge in [-0.2, -0.15) is 0 Å². The molecule has 16 heteroatoms. The summed E-state index contributed by atoms with van der Waals surface area (Å²) >= 11 is 0. The summed E-state index contributed by atoms with van der Waals surface area (Å²) in [5, 5.41) is 6.56. The molecular formula is C40H52FN5O9S. The number of nitrogens with zero attached hydrogens (tertiary/aromatic N) is 2. The lowest BCUT2D eigenvalue weighted by molar-refractivity contribution is -0.142. The van der Waals surface area contributed by atoms with E-state index < -0.39 is 74.0 Å². The van der Waals surface area contributed by atoms with Crippen LogP contribution in [0, 0.1) is 29.0 Å². The number of methoxy groups -OCH3 is 1. The Labute approximate surface area is 326 Å². The SMILES string of the molecule is COc1cc(F)cc2c(OC3CC4C(=O)NC5(C(=O)NS(=O)(=O)C6(C)CC6)CC5C=CCCC(C)CC(C)C(NC(=O)OCC5(C)CC5)C(=O)N4C3)nccc12. The second-order valence-electron chi connectivity index (χ2n) is 17.3. The number of fused-ring (bicyclic) bond motifs is 3. The summed E-state index contributed by atoms with van der Waals surface area (Å²) in [4.78, 5) is 62.2. The minimum absolute atomic E-state index is 0.0447. The van der Waals surface area contributed by atoms with Crippen LogP contribution in [0.4, 0.5) is 9.18 Å². The van der Waals surface area contributed by atoms with E-state index in [0.717, 1.165) is 19.3 Å². The van der Waals surface area contributed by atoms with Crippen molar-refractivity contribution in [3.05, 3.63) is 42.4 Å². The standard InChI is InChI=1S/C40H52FN5O9S/c1-23-8-6-7-9-25-20-40(25,36(49)45-56(51,52)39(4)13-14-39)44-33(47)30-19-27(55-34-29-17-26(41)18-31(53-5)28(29)10-15-42-34)21-46(30)35(48)32(24(2)16-23)43-37(50)54-22-38(3)11-12-38/h7,9-10,15,17-18,23-25,27,30,32H,6,8,11-14,16,19-22H2,1-5H3,(H,43,50)(H,44,47)(H,45,49). The number of alkyl carbamates (subject to hydrolysis) is 1. The second-order valence-corrected chi connectivity index (χ2v) is 19.5. The first-order valence-corrected chi connectivity index (χ1v) is 21.0. The van der Waals surface area contributed by atoms with Gasteiger partial charge < -0.3 is 29.7 Å². The van der Waals surface area contributed by atoms with Crippen molar-refractivity contribution in [2.24, 2.45) is 23.2 Å². The van der Waals surface area contributed by atoms with E-state index in [9.17, 15) is 32.0 Å². The molecule has 5 aliphatic rings. The minimum atomic E-state index is -4.02. The number of aromatic nitrogens is 1. The third-order valence-corrected chi connectivity index (χ3v) is 14.6. The maximum absolute atomic E-state index is 14.8. The van der Waals surface area contributed by atoms with Crippen molar-refractivity contribution in [3.8, 4) is 11.6 Å². The molecule has 3 N–H and O–H groups in total. The molecule has 4 amide bonds. The number of sulfonamides is 1. The number of hydrogen-bond acceptors (Lipinski definition) is 10. The molecule has 7 atom stereocenters. The monoisotopic (exact) mass is 797 g/mol. The van der Waals surface area contributed by atoms with Crippen LogP contribution in [0.25, 0.3) is 10.8 Å². The maximum Gasteiger partial charge on any atom is 0.407 e. The van der Waals surface area contributed by atoms with Gasteiger partial charge in [0.25, 0.3) is 5.91 Å². The highest BCUT2D eigenvalue weighted by Gasteiger charge is 2.63. The lowest BCUT2D eigenvalue weighted by atomic mass is 9.88. The lowest BCUT2D eigenvalue weighted by Gasteiger charge is -2.32. The topological polar surface area (TPSA) is 182 Å². The number of halogens is 1. The molecule has 14 nitrogen and oxygen atoms in total. The van der Waals surface area contributed by atoms with Crippen LogP contribution in [0.15, 0.2) is 36.5 Å². The van der Waals surface area contributed by atoms with Gasteiger partial charge in [-0.05, 0) is 82.3 Å². The van der Waals surface area contributed by atoms with Crippen molar-refractivity contribution in [1.82, 2.24) is 25.2 Å². The second kappa shape index (κ2) is 14.8. The Bertz CT molecular complexity index is 2050. The zero-order valence-electron chi connectivity index (χ0n) is 32.6. The molecule has 304 valence electrons. The van der Waals surface area contributed by atoms with Gasteiger partial charge in [0.15, 0.2) is 0 Å². The predicted molar refractivity (Wildman–Crippen MR) is 203 cm³/mol. The summed E-state index contributed by atoms with van der Waals surface area (Å²) in [5.41, 5.74) is -1.65. The first-order valence-electron chi connectivity index (χ1n) is 19.5. The largest absolute Gasteiger partial charge is 0.496 e. The Morgan fingerprint density at radius 3 is 2.54 bits per heavy atom. The van der Waals surface area contributed by atoms with Crippen LogP contribution in [0.1, 0.15) is 85.5 Å². The van der Waals surface area contributed by atoms with Crippen molar-refractivity contribution in [3.63, 3.8) is 0 Å². The van der Waals surface area contributed by atoms with Crippen LogP contribution in [-0.2, 0) is 29.1 Å². The van der Waals surface area contributed by atoms with Gasteiger partial charge in [0.1, 0.15) is 35.3 Å². The fourth-order valence-electron chi connectivity index (χ4n) is 7.97. The maximum atomic E-state index is 14.8. The van der Waals surface area contributed by atoms with E-state index in [2.05, 4.69) is 27.3 Å². The summed E-state index contributed by atoms with van der Waals surface area (Å²) in [6.07, 6.45) is 8.55. The van der Waals surface area contributed by atoms with E-state index in [4.69, 9.17) is 14.2 Å². The van der Waals surface area contributed by atoms with Crippen LogP contribution in [-0.4, -0.2) is 90.9 Å². The third-order valence-electron chi connectivity index (χ3n) is 12.4. The molecule has 7 rings (SSSR count). The van der Waals surface area contributed by atoms with Gasteiger partial charge in [-0.15, -0.1) is 0 Å². The molecule has 2 aromatic rings. The average Bonchev–Trinajstić information content (AvgIpc) is 4.11. The van der Waals surface area contributed by atoms with Gasteiger partial charge in [-0.1, -0.05) is 32.9 Å². The highest BCUT2D eigenvalue weighted by atomic mass is 32.2. The van der Waals surface area contributed by atoms with Crippen LogP contribution in [0.5, 0.6) is 11.6 Å². The van der Waals surface area contributed by atoms with E-state index in [1.165, 1.54) is 30.3 Å². The average molecular weight is 798 g/mol. The van der Waals surface area contributed by atoms with E-state index >= 15 is 0 Å². The number of carbonyl (C=O) groups is 4. The molecule has 3 saturated carbocycles. The van der Waals surface area contributed by atoms with Gasteiger partial charge in [0, 0.05) is 35.4 Å². The molecule has 56 heavy (non-hydrogen) atoms. The third kappa shape index (κ3) is 8.03. The summed E-state index contributed by atoms with van der Waals surface area (Å²) in [6.45, 7) is 7.65. The fraction of sp³-hybridized carbons (Fsp3) is 0.625. The van der Waals surface area contributed by atoms with E-state index in [1.807, 2.05) is 26.0 Å². The number of hydrogen-bond donors (Lipinski definition) is 3. The number of amides is 4. The van der Waals surface area contributed by atoms with E-state index in [1.54, 1.807) is 13.0 Å². The molecule has 1 aromatic heterocycles. The Hall–Kier alpha value is -4.47. The normalized spacial score (nSPS) is 30.8. The van der Waals surface area contributed by atoms with Gasteiger partial charge in [-0.3, -0.25) is 19.1 Å². The molecule has 1 aromatic carbocycles. The number of nitrogens with one attached hydrogen (secondary N) is 3. The van der Waals surface area contributed by atoms with Gasteiger partial charge in [-0.25, -0.2) is 22.6 Å². The number of rotatable bonds is 9. The molecule has 0 radical (unpaired) electrons. The Morgan fingerprint density at radius 2 is 1.84 bits per heavy atom. The van der Waals surface area contributed by atoms with Crippen molar-refractivity contribution in [2.75, 3.05) is 20.3 Å². The van der Waals surface area contributed by atoms with Crippen LogP contribution < -0.4 is 24.8 Å². The van der Waals surface area contributed by atoms with Crippen molar-refractivity contribution < 1.29 is 46.2 Å². The Balaban J connectivity index is 1.21. The first-order chi connectivity index (χ1) is 26.5. The molecule has 2 aliphatic heterocycles.